The topological polar surface area (TPSA) is 62.2 Å². The number of hydrogen-bond donors (Lipinski definition) is 1. The van der Waals surface area contributed by atoms with Gasteiger partial charge in [0.05, 0.1) is 0 Å². The minimum atomic E-state index is -0.544. The van der Waals surface area contributed by atoms with Gasteiger partial charge in [0.2, 0.25) is 0 Å². The first kappa shape index (κ1) is 11.2. The number of hydrogen-bond acceptors (Lipinski definition) is 4. The van der Waals surface area contributed by atoms with Gasteiger partial charge >= 0.3 is 6.03 Å². The molecule has 0 spiro atoms. The Bertz CT molecular complexity index is 192. The van der Waals surface area contributed by atoms with Gasteiger partial charge in [-0.2, -0.15) is 0 Å². The number of carbonyl (C=O) groups excluding carboxylic acids is 1. The summed E-state index contributed by atoms with van der Waals surface area (Å²) in [6.45, 7) is 2.00. The molecule has 14 heavy (non-hydrogen) atoms. The Balaban J connectivity index is 2.87. The zero-order valence-electron chi connectivity index (χ0n) is 8.64. The van der Waals surface area contributed by atoms with E-state index in [0.29, 0.717) is 6.54 Å². The molecule has 1 fully saturated rings. The van der Waals surface area contributed by atoms with E-state index in [4.69, 9.17) is 14.6 Å². The number of amides is 2. The van der Waals surface area contributed by atoms with Gasteiger partial charge in [0.15, 0.2) is 12.5 Å². The Kier molecular flexibility index (Phi) is 3.68. The van der Waals surface area contributed by atoms with Crippen molar-refractivity contribution < 1.29 is 19.4 Å². The monoisotopic (exact) mass is 204 g/mol. The fourth-order valence-electron chi connectivity index (χ4n) is 1.63. The molecular weight excluding hydrogens is 188 g/mol. The van der Waals surface area contributed by atoms with Gasteiger partial charge in [-0.3, -0.25) is 9.80 Å². The summed E-state index contributed by atoms with van der Waals surface area (Å²) < 4.78 is 10.2. The second-order valence-electron chi connectivity index (χ2n) is 2.93. The maximum absolute atomic E-state index is 11.6. The van der Waals surface area contributed by atoms with Crippen LogP contribution in [0.3, 0.4) is 0 Å². The van der Waals surface area contributed by atoms with Crippen LogP contribution < -0.4 is 0 Å². The number of aliphatic hydroxyl groups excluding tert-OH is 1. The first-order valence-electron chi connectivity index (χ1n) is 4.44. The summed E-state index contributed by atoms with van der Waals surface area (Å²) in [6, 6.07) is -0.270. The lowest BCUT2D eigenvalue weighted by atomic mass is 10.4. The Morgan fingerprint density at radius 1 is 1.29 bits per heavy atom. The third-order valence-corrected chi connectivity index (χ3v) is 2.33. The smallest absolute Gasteiger partial charge is 0.326 e. The Morgan fingerprint density at radius 3 is 2.14 bits per heavy atom. The molecular formula is C8H16N2O4. The number of rotatable bonds is 4. The zero-order chi connectivity index (χ0) is 10.7. The zero-order valence-corrected chi connectivity index (χ0v) is 8.64. The second kappa shape index (κ2) is 4.59. The molecule has 82 valence electrons. The molecule has 1 saturated heterocycles. The number of likely N-dealkylation sites (N-methyl/N-ethyl adjacent to an activating group) is 1. The number of methoxy groups -OCH3 is 2. The van der Waals surface area contributed by atoms with Crippen molar-refractivity contribution in [3.8, 4) is 0 Å². The first-order chi connectivity index (χ1) is 6.71. The minimum absolute atomic E-state index is 0.270. The van der Waals surface area contributed by atoms with Gasteiger partial charge in [0, 0.05) is 20.8 Å². The van der Waals surface area contributed by atoms with Crippen LogP contribution >= 0.6 is 0 Å². The van der Waals surface area contributed by atoms with Crippen molar-refractivity contribution in [2.24, 2.45) is 0 Å². The van der Waals surface area contributed by atoms with Crippen LogP contribution in [0.5, 0.6) is 0 Å². The van der Waals surface area contributed by atoms with E-state index in [1.165, 1.54) is 24.0 Å². The molecule has 0 aromatic heterocycles. The Morgan fingerprint density at radius 2 is 1.79 bits per heavy atom. The quantitative estimate of drug-likeness (QED) is 0.679. The van der Waals surface area contributed by atoms with Crippen LogP contribution in [0.1, 0.15) is 6.92 Å². The lowest BCUT2D eigenvalue weighted by molar-refractivity contribution is -0.117. The molecule has 2 amide bonds. The average Bonchev–Trinajstić information content (AvgIpc) is 2.48. The number of urea groups is 1. The van der Waals surface area contributed by atoms with Crippen molar-refractivity contribution in [3.05, 3.63) is 0 Å². The highest BCUT2D eigenvalue weighted by Crippen LogP contribution is 2.23. The summed E-state index contributed by atoms with van der Waals surface area (Å²) >= 11 is 0. The van der Waals surface area contributed by atoms with Gasteiger partial charge < -0.3 is 14.6 Å². The summed E-state index contributed by atoms with van der Waals surface area (Å²) in [7, 11) is 2.99. The van der Waals surface area contributed by atoms with Gasteiger partial charge in [-0.05, 0) is 6.92 Å². The lowest BCUT2D eigenvalue weighted by Crippen LogP contribution is -2.40. The first-order valence-corrected chi connectivity index (χ1v) is 4.44. The van der Waals surface area contributed by atoms with Crippen molar-refractivity contribution in [2.45, 2.75) is 19.4 Å². The van der Waals surface area contributed by atoms with Crippen molar-refractivity contribution in [1.82, 2.24) is 9.80 Å². The van der Waals surface area contributed by atoms with Crippen LogP contribution in [-0.4, -0.2) is 60.9 Å². The van der Waals surface area contributed by atoms with Crippen LogP contribution in [-0.2, 0) is 9.47 Å². The maximum Gasteiger partial charge on any atom is 0.326 e. The van der Waals surface area contributed by atoms with E-state index in [2.05, 4.69) is 0 Å². The van der Waals surface area contributed by atoms with Crippen LogP contribution in [0.15, 0.2) is 0 Å². The second-order valence-corrected chi connectivity index (χ2v) is 2.93. The minimum Gasteiger partial charge on any atom is -0.376 e. The van der Waals surface area contributed by atoms with Gasteiger partial charge in [0.1, 0.15) is 6.73 Å². The molecule has 0 aliphatic carbocycles. The fourth-order valence-corrected chi connectivity index (χ4v) is 1.63. The third-order valence-electron chi connectivity index (χ3n) is 2.33. The summed E-state index contributed by atoms with van der Waals surface area (Å²) in [5.74, 6) is 0. The third kappa shape index (κ3) is 1.56. The predicted octanol–water partition coefficient (Wildman–Crippen LogP) is -0.361. The van der Waals surface area contributed by atoms with E-state index in [-0.39, 0.29) is 12.8 Å². The Hall–Kier alpha value is -0.850. The van der Waals surface area contributed by atoms with E-state index >= 15 is 0 Å². The highest BCUT2D eigenvalue weighted by Gasteiger charge is 2.45. The molecule has 2 unspecified atom stereocenters. The SMILES string of the molecule is CCN1C(=O)N(CO)C(OC)C1OC. The summed E-state index contributed by atoms with van der Waals surface area (Å²) in [5, 5.41) is 9.01. The largest absolute Gasteiger partial charge is 0.376 e. The molecule has 2 atom stereocenters. The standard InChI is InChI=1S/C8H16N2O4/c1-4-9-6(13-2)7(14-3)10(5-11)8(9)12/h6-7,11H,4-5H2,1-3H3. The van der Waals surface area contributed by atoms with Gasteiger partial charge in [-0.1, -0.05) is 0 Å². The van der Waals surface area contributed by atoms with Crippen LogP contribution in [0.25, 0.3) is 0 Å². The molecule has 0 bridgehead atoms. The van der Waals surface area contributed by atoms with Gasteiger partial charge in [-0.25, -0.2) is 4.79 Å². The van der Waals surface area contributed by atoms with Crippen molar-refractivity contribution in [1.29, 1.82) is 0 Å². The number of carbonyl (C=O) groups is 1. The molecule has 1 rings (SSSR count). The Labute approximate surface area is 83.0 Å². The van der Waals surface area contributed by atoms with Crippen LogP contribution in [0.2, 0.25) is 0 Å². The number of nitrogens with zero attached hydrogens (tertiary/aromatic N) is 2. The molecule has 6 nitrogen and oxygen atoms in total. The number of ether oxygens (including phenoxy) is 2. The molecule has 0 radical (unpaired) electrons. The lowest BCUT2D eigenvalue weighted by Gasteiger charge is -2.23. The highest BCUT2D eigenvalue weighted by atomic mass is 16.6. The van der Waals surface area contributed by atoms with Crippen LogP contribution in [0.4, 0.5) is 4.79 Å². The van der Waals surface area contributed by atoms with Crippen molar-refractivity contribution >= 4 is 6.03 Å². The molecule has 0 aromatic rings. The fraction of sp³-hybridized carbons (Fsp3) is 0.875. The van der Waals surface area contributed by atoms with E-state index in [1.807, 2.05) is 6.92 Å². The summed E-state index contributed by atoms with van der Waals surface area (Å²) in [6.07, 6.45) is -0.998. The molecule has 6 heteroatoms. The molecule has 1 aliphatic heterocycles. The summed E-state index contributed by atoms with van der Waals surface area (Å²) in [4.78, 5) is 14.4. The van der Waals surface area contributed by atoms with Crippen LogP contribution in [0, 0.1) is 0 Å². The van der Waals surface area contributed by atoms with E-state index in [1.54, 1.807) is 0 Å². The normalized spacial score (nSPS) is 27.6. The number of aliphatic hydroxyl groups is 1. The average molecular weight is 204 g/mol. The van der Waals surface area contributed by atoms with Crippen molar-refractivity contribution in [3.63, 3.8) is 0 Å². The molecule has 1 N–H and O–H groups in total. The summed E-state index contributed by atoms with van der Waals surface area (Å²) in [5.41, 5.74) is 0. The molecule has 1 heterocycles. The molecule has 0 aromatic carbocycles. The molecule has 0 saturated carbocycles. The van der Waals surface area contributed by atoms with E-state index < -0.39 is 12.5 Å². The maximum atomic E-state index is 11.6. The van der Waals surface area contributed by atoms with Crippen molar-refractivity contribution in [2.75, 3.05) is 27.5 Å². The molecule has 1 aliphatic rings. The van der Waals surface area contributed by atoms with E-state index in [9.17, 15) is 4.79 Å². The predicted molar refractivity (Wildman–Crippen MR) is 48.3 cm³/mol. The highest BCUT2D eigenvalue weighted by molar-refractivity contribution is 5.77. The van der Waals surface area contributed by atoms with Gasteiger partial charge in [-0.15, -0.1) is 0 Å². The van der Waals surface area contributed by atoms with Gasteiger partial charge in [0.25, 0.3) is 0 Å². The van der Waals surface area contributed by atoms with E-state index in [0.717, 1.165) is 0 Å².